The minimum Gasteiger partial charge on any atom is -0.487 e. The number of nitrogens with one attached hydrogen (secondary N) is 1. The molecule has 1 N–H and O–H groups in total. The molecule has 35 heavy (non-hydrogen) atoms. The lowest BCUT2D eigenvalue weighted by atomic mass is 10.1. The van der Waals surface area contributed by atoms with E-state index in [0.29, 0.717) is 23.3 Å². The van der Waals surface area contributed by atoms with Crippen molar-refractivity contribution in [2.45, 2.75) is 26.1 Å². The molecule has 10 nitrogen and oxygen atoms in total. The van der Waals surface area contributed by atoms with Crippen LogP contribution in [0, 0.1) is 0 Å². The largest absolute Gasteiger partial charge is 0.487 e. The van der Waals surface area contributed by atoms with E-state index >= 15 is 0 Å². The summed E-state index contributed by atoms with van der Waals surface area (Å²) in [4.78, 5) is 8.92. The van der Waals surface area contributed by atoms with Crippen LogP contribution < -0.4 is 10.1 Å². The number of hydrogen-bond donors (Lipinski definition) is 1. The lowest BCUT2D eigenvalue weighted by Gasteiger charge is -2.16. The highest BCUT2D eigenvalue weighted by molar-refractivity contribution is 6.32. The molecule has 0 saturated heterocycles. The van der Waals surface area contributed by atoms with E-state index in [2.05, 4.69) is 35.9 Å². The molecule has 0 fully saturated rings. The topological polar surface area (TPSA) is 108 Å². The van der Waals surface area contributed by atoms with Gasteiger partial charge < -0.3 is 10.1 Å². The Morgan fingerprint density at radius 3 is 2.57 bits per heavy atom. The van der Waals surface area contributed by atoms with Gasteiger partial charge in [-0.2, -0.15) is 5.10 Å². The SMILES string of the molecule is CC(Cn1cnnn1)Oc1cc(-c2cnc(Nc3ccc(Cn4cccn4)cc3)nc2)ccc1Cl. The monoisotopic (exact) mass is 487 g/mol. The first kappa shape index (κ1) is 22.5. The molecule has 0 saturated carbocycles. The number of halogens is 1. The van der Waals surface area contributed by atoms with Crippen LogP contribution in [0.5, 0.6) is 5.75 Å². The van der Waals surface area contributed by atoms with Crippen molar-refractivity contribution in [2.75, 3.05) is 5.32 Å². The Bertz CT molecular complexity index is 1360. The van der Waals surface area contributed by atoms with E-state index in [1.165, 1.54) is 0 Å². The van der Waals surface area contributed by atoms with Crippen molar-refractivity contribution in [3.63, 3.8) is 0 Å². The molecule has 0 spiro atoms. The molecular formula is C24H22ClN9O. The van der Waals surface area contributed by atoms with E-state index in [4.69, 9.17) is 16.3 Å². The molecule has 3 heterocycles. The molecule has 1 atom stereocenters. The smallest absolute Gasteiger partial charge is 0.227 e. The van der Waals surface area contributed by atoms with Crippen LogP contribution in [0.4, 0.5) is 11.6 Å². The maximum Gasteiger partial charge on any atom is 0.227 e. The molecule has 0 aliphatic rings. The number of anilines is 2. The van der Waals surface area contributed by atoms with Gasteiger partial charge in [-0.3, -0.25) is 4.68 Å². The zero-order chi connectivity index (χ0) is 24.0. The van der Waals surface area contributed by atoms with Crippen LogP contribution in [0.3, 0.4) is 0 Å². The molecule has 0 amide bonds. The van der Waals surface area contributed by atoms with Gasteiger partial charge in [0.15, 0.2) is 0 Å². The van der Waals surface area contributed by atoms with Crippen LogP contribution in [-0.2, 0) is 13.1 Å². The molecule has 0 bridgehead atoms. The summed E-state index contributed by atoms with van der Waals surface area (Å²) in [5.41, 5.74) is 3.80. The van der Waals surface area contributed by atoms with Crippen LogP contribution >= 0.6 is 11.6 Å². The Morgan fingerprint density at radius 2 is 1.86 bits per heavy atom. The maximum absolute atomic E-state index is 6.36. The quantitative estimate of drug-likeness (QED) is 0.329. The molecule has 1 unspecified atom stereocenters. The van der Waals surface area contributed by atoms with Gasteiger partial charge in [0, 0.05) is 36.0 Å². The molecule has 0 aliphatic carbocycles. The number of tetrazole rings is 1. The van der Waals surface area contributed by atoms with E-state index in [-0.39, 0.29) is 6.10 Å². The molecule has 3 aromatic heterocycles. The van der Waals surface area contributed by atoms with Gasteiger partial charge in [0.2, 0.25) is 5.95 Å². The highest BCUT2D eigenvalue weighted by atomic mass is 35.5. The Labute approximate surface area is 206 Å². The third-order valence-electron chi connectivity index (χ3n) is 5.19. The van der Waals surface area contributed by atoms with E-state index in [9.17, 15) is 0 Å². The minimum absolute atomic E-state index is 0.181. The van der Waals surface area contributed by atoms with Gasteiger partial charge in [-0.25, -0.2) is 14.6 Å². The summed E-state index contributed by atoms with van der Waals surface area (Å²) >= 11 is 6.36. The summed E-state index contributed by atoms with van der Waals surface area (Å²) < 4.78 is 9.51. The molecule has 5 rings (SSSR count). The van der Waals surface area contributed by atoms with E-state index in [1.807, 2.05) is 60.3 Å². The third kappa shape index (κ3) is 5.79. The Kier molecular flexibility index (Phi) is 6.62. The van der Waals surface area contributed by atoms with Gasteiger partial charge in [-0.05, 0) is 58.8 Å². The number of rotatable bonds is 9. The van der Waals surface area contributed by atoms with Crippen LogP contribution in [-0.4, -0.2) is 46.1 Å². The highest BCUT2D eigenvalue weighted by Crippen LogP contribution is 2.31. The van der Waals surface area contributed by atoms with Gasteiger partial charge in [0.25, 0.3) is 0 Å². The lowest BCUT2D eigenvalue weighted by molar-refractivity contribution is 0.193. The van der Waals surface area contributed by atoms with Crippen molar-refractivity contribution in [1.82, 2.24) is 40.0 Å². The fourth-order valence-corrected chi connectivity index (χ4v) is 3.66. The summed E-state index contributed by atoms with van der Waals surface area (Å²) in [6, 6.07) is 15.6. The standard InChI is InChI=1S/C24H22ClN9O/c1-17(14-34-16-28-31-32-34)35-23-11-19(5-8-22(23)25)20-12-26-24(27-13-20)30-21-6-3-18(4-7-21)15-33-10-2-9-29-33/h2-13,16-17H,14-15H2,1H3,(H,26,27,30). The summed E-state index contributed by atoms with van der Waals surface area (Å²) in [5, 5.41) is 19.1. The first-order valence-corrected chi connectivity index (χ1v) is 11.3. The number of ether oxygens (including phenoxy) is 1. The van der Waals surface area contributed by atoms with Crippen LogP contribution in [0.2, 0.25) is 5.02 Å². The van der Waals surface area contributed by atoms with E-state index in [0.717, 1.165) is 28.9 Å². The Hall–Kier alpha value is -4.31. The molecule has 2 aromatic carbocycles. The average molecular weight is 488 g/mol. The van der Waals surface area contributed by atoms with Gasteiger partial charge in [-0.1, -0.05) is 29.8 Å². The zero-order valence-electron chi connectivity index (χ0n) is 18.9. The van der Waals surface area contributed by atoms with Gasteiger partial charge in [0.05, 0.1) is 18.1 Å². The number of aromatic nitrogens is 8. The van der Waals surface area contributed by atoms with Gasteiger partial charge in [-0.15, -0.1) is 5.10 Å². The van der Waals surface area contributed by atoms with Crippen LogP contribution in [0.1, 0.15) is 12.5 Å². The van der Waals surface area contributed by atoms with Crippen molar-refractivity contribution in [1.29, 1.82) is 0 Å². The Morgan fingerprint density at radius 1 is 1.03 bits per heavy atom. The molecular weight excluding hydrogens is 466 g/mol. The normalized spacial score (nSPS) is 11.8. The summed E-state index contributed by atoms with van der Waals surface area (Å²) in [6.07, 6.45) is 8.60. The second kappa shape index (κ2) is 10.3. The minimum atomic E-state index is -0.181. The fourth-order valence-electron chi connectivity index (χ4n) is 3.50. The molecule has 176 valence electrons. The summed E-state index contributed by atoms with van der Waals surface area (Å²) in [7, 11) is 0. The number of hydrogen-bond acceptors (Lipinski definition) is 8. The van der Waals surface area contributed by atoms with Crippen LogP contribution in [0.15, 0.2) is 79.6 Å². The molecule has 0 radical (unpaired) electrons. The number of nitrogens with zero attached hydrogens (tertiary/aromatic N) is 8. The van der Waals surface area contributed by atoms with E-state index in [1.54, 1.807) is 35.7 Å². The first-order chi connectivity index (χ1) is 17.1. The van der Waals surface area contributed by atoms with Crippen molar-refractivity contribution in [3.05, 3.63) is 90.2 Å². The second-order valence-electron chi connectivity index (χ2n) is 7.93. The van der Waals surface area contributed by atoms with Crippen molar-refractivity contribution < 1.29 is 4.74 Å². The lowest BCUT2D eigenvalue weighted by Crippen LogP contribution is -2.20. The third-order valence-corrected chi connectivity index (χ3v) is 5.51. The zero-order valence-corrected chi connectivity index (χ0v) is 19.6. The molecule has 11 heteroatoms. The van der Waals surface area contributed by atoms with E-state index < -0.39 is 0 Å². The molecule has 0 aliphatic heterocycles. The predicted molar refractivity (Wildman–Crippen MR) is 131 cm³/mol. The van der Waals surface area contributed by atoms with Crippen LogP contribution in [0.25, 0.3) is 11.1 Å². The summed E-state index contributed by atoms with van der Waals surface area (Å²) in [6.45, 7) is 3.15. The fraction of sp³-hybridized carbons (Fsp3) is 0.167. The second-order valence-corrected chi connectivity index (χ2v) is 8.33. The first-order valence-electron chi connectivity index (χ1n) is 11.0. The molecule has 5 aromatic rings. The van der Waals surface area contributed by atoms with Crippen molar-refractivity contribution >= 4 is 23.2 Å². The average Bonchev–Trinajstić information content (AvgIpc) is 3.57. The van der Waals surface area contributed by atoms with Crippen molar-refractivity contribution in [3.8, 4) is 16.9 Å². The van der Waals surface area contributed by atoms with Gasteiger partial charge in [0.1, 0.15) is 18.2 Å². The Balaban J connectivity index is 1.23. The number of benzene rings is 2. The highest BCUT2D eigenvalue weighted by Gasteiger charge is 2.11. The van der Waals surface area contributed by atoms with Gasteiger partial charge >= 0.3 is 0 Å². The maximum atomic E-state index is 6.36. The predicted octanol–water partition coefficient (Wildman–Crippen LogP) is 4.24. The summed E-state index contributed by atoms with van der Waals surface area (Å²) in [5.74, 6) is 1.08. The van der Waals surface area contributed by atoms with Crippen molar-refractivity contribution in [2.24, 2.45) is 0 Å².